The van der Waals surface area contributed by atoms with Gasteiger partial charge in [-0.3, -0.25) is 0 Å². The standard InChI is InChI=1S/C17H16F2O4/c1-22-16(21)15(20)17(23-2,11-3-7-13(18)8-4-11)12-5-9-14(19)10-6-12/h3-10,15,20H,1-2H3/t15-/m0/s1. The van der Waals surface area contributed by atoms with Crippen molar-refractivity contribution in [2.24, 2.45) is 0 Å². The summed E-state index contributed by atoms with van der Waals surface area (Å²) >= 11 is 0. The molecule has 0 aliphatic carbocycles. The Morgan fingerprint density at radius 3 is 1.65 bits per heavy atom. The zero-order chi connectivity index (χ0) is 17.0. The van der Waals surface area contributed by atoms with E-state index in [2.05, 4.69) is 4.74 Å². The smallest absolute Gasteiger partial charge is 0.338 e. The predicted octanol–water partition coefficient (Wildman–Crippen LogP) is 2.39. The van der Waals surface area contributed by atoms with Gasteiger partial charge in [0.05, 0.1) is 7.11 Å². The summed E-state index contributed by atoms with van der Waals surface area (Å²) in [5, 5.41) is 10.5. The number of halogens is 2. The molecule has 1 N–H and O–H groups in total. The van der Waals surface area contributed by atoms with Gasteiger partial charge in [0.15, 0.2) is 11.7 Å². The lowest BCUT2D eigenvalue weighted by Gasteiger charge is -2.36. The van der Waals surface area contributed by atoms with Gasteiger partial charge < -0.3 is 14.6 Å². The van der Waals surface area contributed by atoms with Crippen molar-refractivity contribution in [3.05, 3.63) is 71.3 Å². The van der Waals surface area contributed by atoms with Crippen molar-refractivity contribution in [3.63, 3.8) is 0 Å². The van der Waals surface area contributed by atoms with Crippen LogP contribution in [0, 0.1) is 11.6 Å². The molecule has 23 heavy (non-hydrogen) atoms. The molecule has 0 unspecified atom stereocenters. The fraction of sp³-hybridized carbons (Fsp3) is 0.235. The molecule has 6 heteroatoms. The van der Waals surface area contributed by atoms with Crippen molar-refractivity contribution < 1.29 is 28.2 Å². The van der Waals surface area contributed by atoms with Gasteiger partial charge in [0, 0.05) is 7.11 Å². The van der Waals surface area contributed by atoms with Gasteiger partial charge in [-0.15, -0.1) is 0 Å². The highest BCUT2D eigenvalue weighted by molar-refractivity contribution is 5.77. The van der Waals surface area contributed by atoms with Gasteiger partial charge >= 0.3 is 5.97 Å². The van der Waals surface area contributed by atoms with E-state index in [1.807, 2.05) is 0 Å². The minimum atomic E-state index is -1.73. The zero-order valence-electron chi connectivity index (χ0n) is 12.6. The third kappa shape index (κ3) is 3.09. The van der Waals surface area contributed by atoms with Crippen molar-refractivity contribution in [1.82, 2.24) is 0 Å². The van der Waals surface area contributed by atoms with Crippen LogP contribution in [0.1, 0.15) is 11.1 Å². The number of ether oxygens (including phenoxy) is 2. The molecule has 0 heterocycles. The third-order valence-corrected chi connectivity index (χ3v) is 3.68. The average molecular weight is 322 g/mol. The minimum Gasteiger partial charge on any atom is -0.467 e. The van der Waals surface area contributed by atoms with Crippen molar-refractivity contribution in [2.75, 3.05) is 14.2 Å². The van der Waals surface area contributed by atoms with E-state index in [9.17, 15) is 18.7 Å². The molecule has 0 saturated carbocycles. The molecule has 2 aromatic carbocycles. The molecule has 2 rings (SSSR count). The first-order valence-corrected chi connectivity index (χ1v) is 6.79. The lowest BCUT2D eigenvalue weighted by Crippen LogP contribution is -2.47. The van der Waals surface area contributed by atoms with Gasteiger partial charge in [0.2, 0.25) is 0 Å². The van der Waals surface area contributed by atoms with Crippen LogP contribution >= 0.6 is 0 Å². The number of aliphatic hydroxyl groups is 1. The molecule has 0 saturated heterocycles. The molecule has 122 valence electrons. The molecule has 2 aromatic rings. The molecule has 0 fully saturated rings. The first-order chi connectivity index (χ1) is 11.0. The third-order valence-electron chi connectivity index (χ3n) is 3.68. The highest BCUT2D eigenvalue weighted by Gasteiger charge is 2.46. The molecule has 0 aliphatic rings. The summed E-state index contributed by atoms with van der Waals surface area (Å²) in [7, 11) is 2.42. The number of benzene rings is 2. The lowest BCUT2D eigenvalue weighted by molar-refractivity contribution is -0.167. The largest absolute Gasteiger partial charge is 0.467 e. The number of rotatable bonds is 5. The molecule has 0 bridgehead atoms. The van der Waals surface area contributed by atoms with Gasteiger partial charge in [-0.1, -0.05) is 24.3 Å². The van der Waals surface area contributed by atoms with E-state index in [1.165, 1.54) is 55.6 Å². The summed E-state index contributed by atoms with van der Waals surface area (Å²) in [6.45, 7) is 0. The number of hydrogen-bond acceptors (Lipinski definition) is 4. The van der Waals surface area contributed by atoms with Crippen molar-refractivity contribution in [2.45, 2.75) is 11.7 Å². The molecule has 4 nitrogen and oxygen atoms in total. The molecule has 0 aliphatic heterocycles. The molecule has 0 amide bonds. The van der Waals surface area contributed by atoms with E-state index < -0.39 is 29.3 Å². The Labute approximate surface area is 132 Å². The molecular formula is C17H16F2O4. The van der Waals surface area contributed by atoms with Crippen LogP contribution in [0.2, 0.25) is 0 Å². The predicted molar refractivity (Wildman–Crippen MR) is 78.6 cm³/mol. The summed E-state index contributed by atoms with van der Waals surface area (Å²) in [5.41, 5.74) is -1.01. The number of carbonyl (C=O) groups excluding carboxylic acids is 1. The second kappa shape index (κ2) is 6.85. The summed E-state index contributed by atoms with van der Waals surface area (Å²) < 4.78 is 36.5. The van der Waals surface area contributed by atoms with Crippen LogP contribution in [0.25, 0.3) is 0 Å². The average Bonchev–Trinajstić information content (AvgIpc) is 2.58. The Balaban J connectivity index is 2.67. The van der Waals surface area contributed by atoms with Gasteiger partial charge in [0.25, 0.3) is 0 Å². The Kier molecular flexibility index (Phi) is 5.08. The topological polar surface area (TPSA) is 55.8 Å². The Bertz CT molecular complexity index is 622. The van der Waals surface area contributed by atoms with E-state index in [4.69, 9.17) is 4.74 Å². The van der Waals surface area contributed by atoms with Crippen LogP contribution in [0.4, 0.5) is 8.78 Å². The van der Waals surface area contributed by atoms with Crippen LogP contribution in [0.15, 0.2) is 48.5 Å². The number of carbonyl (C=O) groups is 1. The summed E-state index contributed by atoms with van der Waals surface area (Å²) in [6.07, 6.45) is -1.73. The van der Waals surface area contributed by atoms with E-state index in [-0.39, 0.29) is 0 Å². The SMILES string of the molecule is COC(=O)[C@H](O)C(OC)(c1ccc(F)cc1)c1ccc(F)cc1. The van der Waals surface area contributed by atoms with Crippen molar-refractivity contribution in [1.29, 1.82) is 0 Å². The molecule has 0 radical (unpaired) electrons. The Hall–Kier alpha value is -2.31. The van der Waals surface area contributed by atoms with Crippen LogP contribution in [0.3, 0.4) is 0 Å². The van der Waals surface area contributed by atoms with E-state index in [0.717, 1.165) is 7.11 Å². The lowest BCUT2D eigenvalue weighted by atomic mass is 9.81. The van der Waals surface area contributed by atoms with Gasteiger partial charge in [0.1, 0.15) is 11.6 Å². The zero-order valence-corrected chi connectivity index (χ0v) is 12.6. The normalized spacial score (nSPS) is 12.7. The maximum Gasteiger partial charge on any atom is 0.338 e. The van der Waals surface area contributed by atoms with Gasteiger partial charge in [-0.2, -0.15) is 0 Å². The fourth-order valence-electron chi connectivity index (χ4n) is 2.50. The molecule has 0 spiro atoms. The number of esters is 1. The maximum atomic E-state index is 13.2. The number of aliphatic hydroxyl groups excluding tert-OH is 1. The van der Waals surface area contributed by atoms with Gasteiger partial charge in [-0.25, -0.2) is 13.6 Å². The van der Waals surface area contributed by atoms with Crippen molar-refractivity contribution in [3.8, 4) is 0 Å². The van der Waals surface area contributed by atoms with Crippen LogP contribution in [-0.2, 0) is 19.9 Å². The molecular weight excluding hydrogens is 306 g/mol. The monoisotopic (exact) mass is 322 g/mol. The number of methoxy groups -OCH3 is 2. The van der Waals surface area contributed by atoms with Crippen LogP contribution < -0.4 is 0 Å². The number of hydrogen-bond donors (Lipinski definition) is 1. The molecule has 1 atom stereocenters. The highest BCUT2D eigenvalue weighted by Crippen LogP contribution is 2.37. The van der Waals surface area contributed by atoms with E-state index in [0.29, 0.717) is 11.1 Å². The van der Waals surface area contributed by atoms with Crippen LogP contribution in [0.5, 0.6) is 0 Å². The Morgan fingerprint density at radius 1 is 0.957 bits per heavy atom. The minimum absolute atomic E-state index is 0.325. The second-order valence-electron chi connectivity index (χ2n) is 4.88. The Morgan fingerprint density at radius 2 is 1.35 bits per heavy atom. The maximum absolute atomic E-state index is 13.2. The summed E-state index contributed by atoms with van der Waals surface area (Å²) in [6, 6.07) is 10.2. The van der Waals surface area contributed by atoms with E-state index in [1.54, 1.807) is 0 Å². The second-order valence-corrected chi connectivity index (χ2v) is 4.88. The quantitative estimate of drug-likeness (QED) is 0.859. The fourth-order valence-corrected chi connectivity index (χ4v) is 2.50. The van der Waals surface area contributed by atoms with Crippen molar-refractivity contribution >= 4 is 5.97 Å². The van der Waals surface area contributed by atoms with Gasteiger partial charge in [-0.05, 0) is 35.4 Å². The highest BCUT2D eigenvalue weighted by atomic mass is 19.1. The summed E-state index contributed by atoms with van der Waals surface area (Å²) in [4.78, 5) is 11.9. The molecule has 0 aromatic heterocycles. The first-order valence-electron chi connectivity index (χ1n) is 6.79. The van der Waals surface area contributed by atoms with Crippen LogP contribution in [-0.4, -0.2) is 31.4 Å². The summed E-state index contributed by atoms with van der Waals surface area (Å²) in [5.74, 6) is -1.89. The van der Waals surface area contributed by atoms with E-state index >= 15 is 0 Å². The first kappa shape index (κ1) is 17.1.